The molecule has 1 N–H and O–H groups in total. The Morgan fingerprint density at radius 1 is 1.26 bits per heavy atom. The molecule has 0 unspecified atom stereocenters. The summed E-state index contributed by atoms with van der Waals surface area (Å²) in [7, 11) is 0. The first-order valence-corrected chi connectivity index (χ1v) is 5.94. The van der Waals surface area contributed by atoms with E-state index in [1.807, 2.05) is 13.8 Å². The summed E-state index contributed by atoms with van der Waals surface area (Å²) < 4.78 is 10.9. The van der Waals surface area contributed by atoms with Crippen molar-refractivity contribution >= 4 is 12.3 Å². The van der Waals surface area contributed by atoms with Crippen LogP contribution in [0, 0.1) is 0 Å². The molecule has 104 valence electrons. The number of carbonyl (C=O) groups excluding carboxylic acids is 1. The van der Waals surface area contributed by atoms with E-state index in [9.17, 15) is 9.59 Å². The van der Waals surface area contributed by atoms with Crippen molar-refractivity contribution in [1.82, 2.24) is 0 Å². The van der Waals surface area contributed by atoms with Crippen molar-refractivity contribution in [2.24, 2.45) is 0 Å². The van der Waals surface area contributed by atoms with E-state index >= 15 is 0 Å². The van der Waals surface area contributed by atoms with E-state index in [-0.39, 0.29) is 17.4 Å². The zero-order valence-electron chi connectivity index (χ0n) is 11.5. The van der Waals surface area contributed by atoms with Crippen LogP contribution in [0.2, 0.25) is 0 Å². The van der Waals surface area contributed by atoms with Gasteiger partial charge in [-0.25, -0.2) is 4.79 Å². The highest BCUT2D eigenvalue weighted by Crippen LogP contribution is 2.26. The van der Waals surface area contributed by atoms with Crippen molar-refractivity contribution in [3.63, 3.8) is 0 Å². The van der Waals surface area contributed by atoms with Crippen LogP contribution in [0.5, 0.6) is 11.5 Å². The molecule has 1 aromatic carbocycles. The smallest absolute Gasteiger partial charge is 0.335 e. The molecule has 0 saturated heterocycles. The molecule has 0 aliphatic heterocycles. The predicted molar refractivity (Wildman–Crippen MR) is 69.9 cm³/mol. The fourth-order valence-electron chi connectivity index (χ4n) is 1.42. The van der Waals surface area contributed by atoms with Crippen molar-refractivity contribution in [3.8, 4) is 11.5 Å². The van der Waals surface area contributed by atoms with Crippen LogP contribution < -0.4 is 9.47 Å². The summed E-state index contributed by atoms with van der Waals surface area (Å²) in [6, 6.07) is 4.35. The number of carboxylic acid groups (broad SMARTS) is 1. The highest BCUT2D eigenvalue weighted by molar-refractivity contribution is 5.88. The average Bonchev–Trinajstić information content (AvgIpc) is 2.27. The number of ether oxygens (including phenoxy) is 2. The minimum Gasteiger partial charge on any atom is -0.491 e. The maximum Gasteiger partial charge on any atom is 0.335 e. The number of benzene rings is 1. The number of aromatic carboxylic acids is 1. The molecule has 0 heterocycles. The lowest BCUT2D eigenvalue weighted by Gasteiger charge is -2.21. The van der Waals surface area contributed by atoms with Gasteiger partial charge >= 0.3 is 5.97 Å². The second-order valence-corrected chi connectivity index (χ2v) is 4.99. The van der Waals surface area contributed by atoms with E-state index in [0.717, 1.165) is 0 Å². The summed E-state index contributed by atoms with van der Waals surface area (Å²) in [5, 5.41) is 9.04. The molecule has 0 bridgehead atoms. The maximum absolute atomic E-state index is 11.0. The topological polar surface area (TPSA) is 72.8 Å². The van der Waals surface area contributed by atoms with E-state index in [0.29, 0.717) is 12.0 Å². The van der Waals surface area contributed by atoms with Gasteiger partial charge in [0, 0.05) is 6.07 Å². The van der Waals surface area contributed by atoms with Gasteiger partial charge in [0.05, 0.1) is 11.7 Å². The lowest BCUT2D eigenvalue weighted by atomic mass is 10.1. The summed E-state index contributed by atoms with van der Waals surface area (Å²) in [5.74, 6) is -0.401. The number of carboxylic acids is 1. The average molecular weight is 266 g/mol. The van der Waals surface area contributed by atoms with Gasteiger partial charge in [-0.2, -0.15) is 0 Å². The number of hydrogen-bond donors (Lipinski definition) is 1. The molecule has 0 radical (unpaired) electrons. The SMILES string of the molecule is CC(C)Oc1cc(OC(C)(C)C=O)cc(C(=O)O)c1. The molecule has 0 saturated carbocycles. The van der Waals surface area contributed by atoms with Gasteiger partial charge in [0.1, 0.15) is 11.5 Å². The molecule has 1 aromatic rings. The van der Waals surface area contributed by atoms with Crippen molar-refractivity contribution in [3.05, 3.63) is 23.8 Å². The van der Waals surface area contributed by atoms with Gasteiger partial charge in [0.15, 0.2) is 11.9 Å². The first kappa shape index (κ1) is 15.0. The van der Waals surface area contributed by atoms with E-state index in [1.54, 1.807) is 19.9 Å². The Kier molecular flexibility index (Phi) is 4.53. The van der Waals surface area contributed by atoms with Crippen LogP contribution >= 0.6 is 0 Å². The monoisotopic (exact) mass is 266 g/mol. The Hall–Kier alpha value is -2.04. The third-order valence-electron chi connectivity index (χ3n) is 2.16. The van der Waals surface area contributed by atoms with Crippen molar-refractivity contribution in [2.75, 3.05) is 0 Å². The van der Waals surface area contributed by atoms with Crippen molar-refractivity contribution in [2.45, 2.75) is 39.4 Å². The Morgan fingerprint density at radius 3 is 2.32 bits per heavy atom. The van der Waals surface area contributed by atoms with E-state index in [1.165, 1.54) is 12.1 Å². The highest BCUT2D eigenvalue weighted by atomic mass is 16.5. The predicted octanol–water partition coefficient (Wildman–Crippen LogP) is 2.53. The first-order valence-electron chi connectivity index (χ1n) is 5.94. The summed E-state index contributed by atoms with van der Waals surface area (Å²) in [5.41, 5.74) is -0.971. The number of hydrogen-bond acceptors (Lipinski definition) is 4. The molecule has 5 nitrogen and oxygen atoms in total. The van der Waals surface area contributed by atoms with E-state index < -0.39 is 11.6 Å². The lowest BCUT2D eigenvalue weighted by Crippen LogP contribution is -2.29. The Balaban J connectivity index is 3.12. The second kappa shape index (κ2) is 5.73. The summed E-state index contributed by atoms with van der Waals surface area (Å²) in [6.45, 7) is 6.86. The number of rotatable bonds is 6. The van der Waals surface area contributed by atoms with Gasteiger partial charge in [0.2, 0.25) is 0 Å². The molecule has 1 rings (SSSR count). The van der Waals surface area contributed by atoms with Crippen LogP contribution in [0.3, 0.4) is 0 Å². The molecule has 0 aliphatic rings. The van der Waals surface area contributed by atoms with Gasteiger partial charge in [-0.05, 0) is 39.8 Å². The molecule has 0 aliphatic carbocycles. The number of carbonyl (C=O) groups is 2. The molecular weight excluding hydrogens is 248 g/mol. The molecule has 19 heavy (non-hydrogen) atoms. The zero-order valence-corrected chi connectivity index (χ0v) is 11.5. The van der Waals surface area contributed by atoms with Crippen molar-refractivity contribution < 1.29 is 24.2 Å². The van der Waals surface area contributed by atoms with Gasteiger partial charge in [-0.15, -0.1) is 0 Å². The van der Waals surface area contributed by atoms with E-state index in [2.05, 4.69) is 0 Å². The quantitative estimate of drug-likeness (QED) is 0.801. The minimum atomic E-state index is -1.08. The standard InChI is InChI=1S/C14H18O5/c1-9(2)18-11-5-10(13(16)17)6-12(7-11)19-14(3,4)8-15/h5-9H,1-4H3,(H,16,17). The van der Waals surface area contributed by atoms with Crippen LogP contribution in [0.15, 0.2) is 18.2 Å². The Bertz CT molecular complexity index is 477. The fraction of sp³-hybridized carbons (Fsp3) is 0.429. The Morgan fingerprint density at radius 2 is 1.84 bits per heavy atom. The molecule has 0 spiro atoms. The third kappa shape index (κ3) is 4.62. The van der Waals surface area contributed by atoms with Crippen LogP contribution in [0.25, 0.3) is 0 Å². The third-order valence-corrected chi connectivity index (χ3v) is 2.16. The largest absolute Gasteiger partial charge is 0.491 e. The van der Waals surface area contributed by atoms with Crippen molar-refractivity contribution in [1.29, 1.82) is 0 Å². The van der Waals surface area contributed by atoms with Gasteiger partial charge in [0.25, 0.3) is 0 Å². The van der Waals surface area contributed by atoms with Gasteiger partial charge in [-0.1, -0.05) is 0 Å². The Labute approximate surface area is 112 Å². The van der Waals surface area contributed by atoms with Gasteiger partial charge < -0.3 is 14.6 Å². The first-order chi connectivity index (χ1) is 8.73. The van der Waals surface area contributed by atoms with Crippen LogP contribution in [0.1, 0.15) is 38.1 Å². The minimum absolute atomic E-state index is 0.0508. The molecule has 0 aromatic heterocycles. The molecule has 0 atom stereocenters. The lowest BCUT2D eigenvalue weighted by molar-refractivity contribution is -0.119. The summed E-state index contributed by atoms with van der Waals surface area (Å²) >= 11 is 0. The van der Waals surface area contributed by atoms with E-state index in [4.69, 9.17) is 14.6 Å². The van der Waals surface area contributed by atoms with Crippen LogP contribution in [-0.4, -0.2) is 29.1 Å². The van der Waals surface area contributed by atoms with Crippen LogP contribution in [0.4, 0.5) is 0 Å². The summed E-state index contributed by atoms with van der Waals surface area (Å²) in [6.07, 6.45) is 0.569. The van der Waals surface area contributed by atoms with Gasteiger partial charge in [-0.3, -0.25) is 4.79 Å². The van der Waals surface area contributed by atoms with Crippen LogP contribution in [-0.2, 0) is 4.79 Å². The zero-order chi connectivity index (χ0) is 14.6. The fourth-order valence-corrected chi connectivity index (χ4v) is 1.42. The molecular formula is C14H18O5. The maximum atomic E-state index is 11.0. The molecule has 0 fully saturated rings. The molecule has 0 amide bonds. The second-order valence-electron chi connectivity index (χ2n) is 4.99. The highest BCUT2D eigenvalue weighted by Gasteiger charge is 2.20. The summed E-state index contributed by atoms with van der Waals surface area (Å²) in [4.78, 5) is 21.9. The molecule has 5 heteroatoms. The number of aldehydes is 1. The normalized spacial score (nSPS) is 11.2.